The van der Waals surface area contributed by atoms with Crippen LogP contribution >= 0.6 is 11.3 Å². The SMILES string of the molecule is Cc1noc(C)c1-c1nc(NCCO)c2ncn(-c3ccsc3)c2n1. The summed E-state index contributed by atoms with van der Waals surface area (Å²) in [6.07, 6.45) is 1.72. The van der Waals surface area contributed by atoms with Crippen molar-refractivity contribution in [3.63, 3.8) is 0 Å². The average Bonchev–Trinajstić information content (AvgIpc) is 3.32. The number of anilines is 1. The zero-order chi connectivity index (χ0) is 17.4. The monoisotopic (exact) mass is 356 g/mol. The number of hydrogen-bond acceptors (Lipinski definition) is 8. The van der Waals surface area contributed by atoms with Crippen LogP contribution in [-0.4, -0.2) is 42.9 Å². The number of hydrogen-bond donors (Lipinski definition) is 2. The van der Waals surface area contributed by atoms with Gasteiger partial charge in [0.25, 0.3) is 0 Å². The summed E-state index contributed by atoms with van der Waals surface area (Å²) in [5.41, 5.74) is 3.82. The lowest BCUT2D eigenvalue weighted by Gasteiger charge is -2.08. The second kappa shape index (κ2) is 6.26. The molecule has 8 nitrogen and oxygen atoms in total. The van der Waals surface area contributed by atoms with Crippen LogP contribution in [0.2, 0.25) is 0 Å². The van der Waals surface area contributed by atoms with E-state index in [1.807, 2.05) is 35.2 Å². The van der Waals surface area contributed by atoms with Gasteiger partial charge in [0.1, 0.15) is 12.1 Å². The fourth-order valence-electron chi connectivity index (χ4n) is 2.69. The van der Waals surface area contributed by atoms with Crippen molar-refractivity contribution in [3.8, 4) is 17.1 Å². The number of aliphatic hydroxyl groups is 1. The van der Waals surface area contributed by atoms with Crippen LogP contribution < -0.4 is 5.32 Å². The number of fused-ring (bicyclic) bond motifs is 1. The standard InChI is InChI=1S/C16H16N6O2S/c1-9-12(10(2)24-21-9)14-19-15(17-4-5-23)13-16(20-14)22(8-18-13)11-3-6-25-7-11/h3,6-8,23H,4-5H2,1-2H3,(H,17,19,20). The predicted molar refractivity (Wildman–Crippen MR) is 95.1 cm³/mol. The van der Waals surface area contributed by atoms with E-state index in [0.29, 0.717) is 35.1 Å². The highest BCUT2D eigenvalue weighted by atomic mass is 32.1. The molecule has 0 aliphatic carbocycles. The molecule has 0 amide bonds. The molecule has 4 heterocycles. The van der Waals surface area contributed by atoms with Gasteiger partial charge in [0.05, 0.1) is 23.6 Å². The Kier molecular flexibility index (Phi) is 3.94. The lowest BCUT2D eigenvalue weighted by Crippen LogP contribution is -2.09. The summed E-state index contributed by atoms with van der Waals surface area (Å²) < 4.78 is 7.17. The van der Waals surface area contributed by atoms with Gasteiger partial charge in [0, 0.05) is 11.9 Å². The second-order valence-electron chi connectivity index (χ2n) is 5.51. The fraction of sp³-hybridized carbons (Fsp3) is 0.250. The minimum absolute atomic E-state index is 0.00259. The Morgan fingerprint density at radius 2 is 2.20 bits per heavy atom. The zero-order valence-electron chi connectivity index (χ0n) is 13.7. The molecule has 9 heteroatoms. The first-order valence-corrected chi connectivity index (χ1v) is 8.69. The van der Waals surface area contributed by atoms with Crippen LogP contribution in [0.5, 0.6) is 0 Å². The van der Waals surface area contributed by atoms with Gasteiger partial charge >= 0.3 is 0 Å². The molecule has 4 rings (SSSR count). The predicted octanol–water partition coefficient (Wildman–Crippen LogP) is 2.55. The van der Waals surface area contributed by atoms with E-state index >= 15 is 0 Å². The number of imidazole rings is 1. The zero-order valence-corrected chi connectivity index (χ0v) is 14.5. The number of aryl methyl sites for hydroxylation is 2. The second-order valence-corrected chi connectivity index (χ2v) is 6.29. The number of aromatic nitrogens is 5. The van der Waals surface area contributed by atoms with E-state index in [0.717, 1.165) is 16.9 Å². The van der Waals surface area contributed by atoms with Crippen molar-refractivity contribution < 1.29 is 9.63 Å². The molecule has 0 unspecified atom stereocenters. The van der Waals surface area contributed by atoms with Crippen LogP contribution in [0.15, 0.2) is 27.7 Å². The minimum atomic E-state index is -0.00259. The maximum atomic E-state index is 9.14. The van der Waals surface area contributed by atoms with Crippen molar-refractivity contribution in [2.75, 3.05) is 18.5 Å². The molecule has 0 saturated heterocycles. The third-order valence-electron chi connectivity index (χ3n) is 3.84. The average molecular weight is 356 g/mol. The molecule has 128 valence electrons. The molecule has 0 saturated carbocycles. The number of nitrogens with zero attached hydrogens (tertiary/aromatic N) is 5. The molecule has 0 bridgehead atoms. The van der Waals surface area contributed by atoms with Gasteiger partial charge in [-0.15, -0.1) is 0 Å². The van der Waals surface area contributed by atoms with Gasteiger partial charge in [-0.1, -0.05) is 5.16 Å². The number of rotatable bonds is 5. The molecule has 0 aliphatic rings. The molecule has 4 aromatic heterocycles. The Labute approximate surface area is 147 Å². The van der Waals surface area contributed by atoms with Crippen molar-refractivity contribution in [1.29, 1.82) is 0 Å². The molecular formula is C16H16N6O2S. The third kappa shape index (κ3) is 2.67. The van der Waals surface area contributed by atoms with Crippen LogP contribution in [0.3, 0.4) is 0 Å². The first kappa shape index (κ1) is 15.7. The highest BCUT2D eigenvalue weighted by molar-refractivity contribution is 7.08. The van der Waals surface area contributed by atoms with Crippen LogP contribution in [-0.2, 0) is 0 Å². The summed E-state index contributed by atoms with van der Waals surface area (Å²) in [7, 11) is 0. The maximum absolute atomic E-state index is 9.14. The topological polar surface area (TPSA) is 102 Å². The van der Waals surface area contributed by atoms with Gasteiger partial charge in [-0.2, -0.15) is 11.3 Å². The lowest BCUT2D eigenvalue weighted by atomic mass is 10.2. The summed E-state index contributed by atoms with van der Waals surface area (Å²) >= 11 is 1.61. The summed E-state index contributed by atoms with van der Waals surface area (Å²) in [4.78, 5) is 13.8. The molecule has 25 heavy (non-hydrogen) atoms. The normalized spacial score (nSPS) is 11.3. The molecular weight excluding hydrogens is 340 g/mol. The van der Waals surface area contributed by atoms with Crippen LogP contribution in [0.1, 0.15) is 11.5 Å². The fourth-order valence-corrected chi connectivity index (χ4v) is 3.32. The quantitative estimate of drug-likeness (QED) is 0.566. The number of nitrogens with one attached hydrogen (secondary N) is 1. The van der Waals surface area contributed by atoms with Gasteiger partial charge in [0.15, 0.2) is 22.8 Å². The van der Waals surface area contributed by atoms with E-state index in [2.05, 4.69) is 20.4 Å². The van der Waals surface area contributed by atoms with Crippen LogP contribution in [0.4, 0.5) is 5.82 Å². The van der Waals surface area contributed by atoms with Gasteiger partial charge in [-0.3, -0.25) is 4.57 Å². The minimum Gasteiger partial charge on any atom is -0.395 e. The van der Waals surface area contributed by atoms with Crippen molar-refractivity contribution >= 4 is 28.3 Å². The van der Waals surface area contributed by atoms with E-state index in [9.17, 15) is 0 Å². The molecule has 0 aliphatic heterocycles. The van der Waals surface area contributed by atoms with Crippen molar-refractivity contribution in [3.05, 3.63) is 34.6 Å². The maximum Gasteiger partial charge on any atom is 0.170 e. The Morgan fingerprint density at radius 3 is 2.88 bits per heavy atom. The Bertz CT molecular complexity index is 1000. The third-order valence-corrected chi connectivity index (χ3v) is 4.51. The lowest BCUT2D eigenvalue weighted by molar-refractivity contribution is 0.311. The largest absolute Gasteiger partial charge is 0.395 e. The van der Waals surface area contributed by atoms with Gasteiger partial charge in [0.2, 0.25) is 0 Å². The molecule has 0 radical (unpaired) electrons. The van der Waals surface area contributed by atoms with E-state index in [1.165, 1.54) is 0 Å². The molecule has 0 aromatic carbocycles. The summed E-state index contributed by atoms with van der Waals surface area (Å²) in [5, 5.41) is 20.3. The molecule has 2 N–H and O–H groups in total. The molecule has 4 aromatic rings. The van der Waals surface area contributed by atoms with Crippen LogP contribution in [0.25, 0.3) is 28.2 Å². The Balaban J connectivity index is 1.96. The van der Waals surface area contributed by atoms with E-state index in [-0.39, 0.29) is 6.61 Å². The number of aliphatic hydroxyl groups excluding tert-OH is 1. The Morgan fingerprint density at radius 1 is 1.32 bits per heavy atom. The molecule has 0 fully saturated rings. The summed E-state index contributed by atoms with van der Waals surface area (Å²) in [6, 6.07) is 2.00. The van der Waals surface area contributed by atoms with Crippen molar-refractivity contribution in [2.45, 2.75) is 13.8 Å². The van der Waals surface area contributed by atoms with Crippen molar-refractivity contribution in [2.24, 2.45) is 0 Å². The Hall–Kier alpha value is -2.78. The van der Waals surface area contributed by atoms with Gasteiger partial charge in [-0.25, -0.2) is 15.0 Å². The highest BCUT2D eigenvalue weighted by Crippen LogP contribution is 2.29. The first-order chi connectivity index (χ1) is 12.2. The van der Waals surface area contributed by atoms with E-state index in [1.54, 1.807) is 17.7 Å². The number of thiophene rings is 1. The van der Waals surface area contributed by atoms with Crippen LogP contribution in [0, 0.1) is 13.8 Å². The van der Waals surface area contributed by atoms with Crippen molar-refractivity contribution in [1.82, 2.24) is 24.7 Å². The molecule has 0 atom stereocenters. The molecule has 0 spiro atoms. The van der Waals surface area contributed by atoms with E-state index in [4.69, 9.17) is 14.6 Å². The summed E-state index contributed by atoms with van der Waals surface area (Å²) in [5.74, 6) is 1.75. The van der Waals surface area contributed by atoms with Gasteiger partial charge in [-0.05, 0) is 25.3 Å². The highest BCUT2D eigenvalue weighted by Gasteiger charge is 2.20. The van der Waals surface area contributed by atoms with Gasteiger partial charge < -0.3 is 14.9 Å². The summed E-state index contributed by atoms with van der Waals surface area (Å²) in [6.45, 7) is 4.06. The van der Waals surface area contributed by atoms with E-state index < -0.39 is 0 Å². The smallest absolute Gasteiger partial charge is 0.170 e. The first-order valence-electron chi connectivity index (χ1n) is 7.74.